The summed E-state index contributed by atoms with van der Waals surface area (Å²) >= 11 is 1.51. The van der Waals surface area contributed by atoms with Crippen LogP contribution in [0, 0.1) is 34.5 Å². The van der Waals surface area contributed by atoms with Gasteiger partial charge in [0.05, 0.1) is 6.61 Å². The molecule has 4 rings (SSSR count). The Labute approximate surface area is 259 Å². The van der Waals surface area contributed by atoms with Crippen molar-refractivity contribution in [2.45, 2.75) is 181 Å². The molecule has 3 fully saturated rings. The van der Waals surface area contributed by atoms with Crippen LogP contribution in [0.4, 0.5) is 4.79 Å². The summed E-state index contributed by atoms with van der Waals surface area (Å²) in [5.41, 5.74) is 2.67. The zero-order chi connectivity index (χ0) is 29.1. The Hall–Kier alpha value is -0.440. The molecule has 4 aliphatic rings. The zero-order valence-electron chi connectivity index (χ0n) is 27.7. The second-order valence-corrected chi connectivity index (χ2v) is 16.4. The molecule has 236 valence electrons. The summed E-state index contributed by atoms with van der Waals surface area (Å²) in [7, 11) is 0. The number of carbonyl (C=O) groups is 1. The van der Waals surface area contributed by atoms with E-state index >= 15 is 0 Å². The van der Waals surface area contributed by atoms with E-state index in [-0.39, 0.29) is 5.30 Å². The Morgan fingerprint density at radius 1 is 0.805 bits per heavy atom. The summed E-state index contributed by atoms with van der Waals surface area (Å²) in [6.45, 7) is 10.5. The molecule has 0 aromatic heterocycles. The van der Waals surface area contributed by atoms with E-state index in [4.69, 9.17) is 4.74 Å². The Morgan fingerprint density at radius 2 is 1.46 bits per heavy atom. The molecule has 0 amide bonds. The highest BCUT2D eigenvalue weighted by atomic mass is 32.2. The highest BCUT2D eigenvalue weighted by Gasteiger charge is 2.58. The highest BCUT2D eigenvalue weighted by Crippen LogP contribution is 2.67. The Kier molecular flexibility index (Phi) is 13.5. The smallest absolute Gasteiger partial charge is 0.367 e. The first-order valence-corrected chi connectivity index (χ1v) is 19.3. The number of rotatable bonds is 17. The molecule has 7 atom stereocenters. The minimum Gasteiger partial charge on any atom is -0.458 e. The van der Waals surface area contributed by atoms with Gasteiger partial charge in [0, 0.05) is 5.25 Å². The first-order valence-electron chi connectivity index (χ1n) is 18.4. The van der Waals surface area contributed by atoms with Gasteiger partial charge >= 0.3 is 5.30 Å². The lowest BCUT2D eigenvalue weighted by atomic mass is 9.47. The highest BCUT2D eigenvalue weighted by molar-refractivity contribution is 8.13. The van der Waals surface area contributed by atoms with Crippen molar-refractivity contribution in [3.8, 4) is 0 Å². The number of hydrogen-bond donors (Lipinski definition) is 0. The lowest BCUT2D eigenvalue weighted by Gasteiger charge is -2.58. The van der Waals surface area contributed by atoms with E-state index < -0.39 is 0 Å². The van der Waals surface area contributed by atoms with Crippen LogP contribution in [-0.4, -0.2) is 17.2 Å². The van der Waals surface area contributed by atoms with Crippen molar-refractivity contribution in [2.24, 2.45) is 34.5 Å². The topological polar surface area (TPSA) is 26.3 Å². The fourth-order valence-electron chi connectivity index (χ4n) is 10.0. The van der Waals surface area contributed by atoms with Gasteiger partial charge in [0.25, 0.3) is 0 Å². The molecule has 2 nitrogen and oxygen atoms in total. The number of fused-ring (bicyclic) bond motifs is 5. The molecule has 3 heteroatoms. The summed E-state index contributed by atoms with van der Waals surface area (Å²) < 4.78 is 5.66. The van der Waals surface area contributed by atoms with Gasteiger partial charge in [0.2, 0.25) is 0 Å². The molecule has 0 aromatic carbocycles. The van der Waals surface area contributed by atoms with E-state index in [0.29, 0.717) is 22.7 Å². The second kappa shape index (κ2) is 16.6. The van der Waals surface area contributed by atoms with Gasteiger partial charge in [-0.3, -0.25) is 0 Å². The van der Waals surface area contributed by atoms with E-state index in [1.54, 1.807) is 5.57 Å². The van der Waals surface area contributed by atoms with Crippen LogP contribution in [0.1, 0.15) is 175 Å². The maximum Gasteiger partial charge on any atom is 0.367 e. The van der Waals surface area contributed by atoms with Gasteiger partial charge in [-0.1, -0.05) is 123 Å². The molecule has 0 spiro atoms. The van der Waals surface area contributed by atoms with E-state index in [0.717, 1.165) is 36.5 Å². The quantitative estimate of drug-likeness (QED) is 0.0963. The molecule has 0 aromatic rings. The molecule has 0 aliphatic heterocycles. The monoisotopic (exact) mass is 586 g/mol. The lowest BCUT2D eigenvalue weighted by molar-refractivity contribution is -0.0421. The first-order chi connectivity index (χ1) is 19.9. The molecule has 0 radical (unpaired) electrons. The lowest BCUT2D eigenvalue weighted by Crippen LogP contribution is -2.50. The third-order valence-electron chi connectivity index (χ3n) is 12.6. The van der Waals surface area contributed by atoms with Crippen LogP contribution in [0.25, 0.3) is 0 Å². The van der Waals surface area contributed by atoms with Crippen LogP contribution in [0.5, 0.6) is 0 Å². The van der Waals surface area contributed by atoms with Crippen LogP contribution in [-0.2, 0) is 4.74 Å². The number of hydrogen-bond acceptors (Lipinski definition) is 3. The number of allylic oxidation sites excluding steroid dienone is 2. The maximum atomic E-state index is 12.6. The molecule has 7 unspecified atom stereocenters. The summed E-state index contributed by atoms with van der Waals surface area (Å²) in [6, 6.07) is 0. The molecule has 0 bridgehead atoms. The molecular weight excluding hydrogens is 520 g/mol. The third-order valence-corrected chi connectivity index (χ3v) is 13.7. The van der Waals surface area contributed by atoms with Crippen molar-refractivity contribution in [2.75, 3.05) is 6.61 Å². The van der Waals surface area contributed by atoms with E-state index in [9.17, 15) is 4.79 Å². The molecule has 0 N–H and O–H groups in total. The SMILES string of the molecule is CCCCCCCCCCOC(=O)SC1CCC2(C)C(=CCC3C2CCC2(C)C(CCCCCCCC)CCC32)C1. The molecule has 41 heavy (non-hydrogen) atoms. The van der Waals surface area contributed by atoms with Gasteiger partial charge in [0.1, 0.15) is 0 Å². The predicted octanol–water partition coefficient (Wildman–Crippen LogP) is 12.7. The van der Waals surface area contributed by atoms with Crippen molar-refractivity contribution in [3.05, 3.63) is 11.6 Å². The normalized spacial score (nSPS) is 34.4. The number of carbonyl (C=O) groups excluding carboxylic acids is 1. The van der Waals surface area contributed by atoms with Gasteiger partial charge in [-0.25, -0.2) is 4.79 Å². The number of thioether (sulfide) groups is 1. The van der Waals surface area contributed by atoms with Crippen molar-refractivity contribution >= 4 is 17.1 Å². The standard InChI is InChI=1S/C38H66O2S/c1-5-7-9-11-13-14-16-18-28-40-36(39)41-32-24-26-38(4)31(29-32)20-22-33-34-23-21-30(19-17-15-12-10-8-6-2)37(34,3)27-25-35(33)38/h20,30,32-35H,5-19,21-29H2,1-4H3. The average molecular weight is 587 g/mol. The van der Waals surface area contributed by atoms with Crippen molar-refractivity contribution in [3.63, 3.8) is 0 Å². The molecule has 0 saturated heterocycles. The first kappa shape index (κ1) is 33.5. The Morgan fingerprint density at radius 3 is 2.17 bits per heavy atom. The molecule has 4 aliphatic carbocycles. The van der Waals surface area contributed by atoms with E-state index in [2.05, 4.69) is 33.8 Å². The molecular formula is C38H66O2S. The minimum absolute atomic E-state index is 0.0216. The average Bonchev–Trinajstić information content (AvgIpc) is 3.30. The largest absolute Gasteiger partial charge is 0.458 e. The van der Waals surface area contributed by atoms with Crippen LogP contribution < -0.4 is 0 Å². The van der Waals surface area contributed by atoms with Crippen LogP contribution in [0.2, 0.25) is 0 Å². The Bertz CT molecular complexity index is 821. The fourth-order valence-corrected chi connectivity index (χ4v) is 11.0. The van der Waals surface area contributed by atoms with Gasteiger partial charge < -0.3 is 4.74 Å². The van der Waals surface area contributed by atoms with Crippen molar-refractivity contribution < 1.29 is 9.53 Å². The van der Waals surface area contributed by atoms with Crippen molar-refractivity contribution in [1.29, 1.82) is 0 Å². The summed E-state index contributed by atoms with van der Waals surface area (Å²) in [5.74, 6) is 3.69. The molecule has 3 saturated carbocycles. The van der Waals surface area contributed by atoms with E-state index in [1.807, 2.05) is 0 Å². The summed E-state index contributed by atoms with van der Waals surface area (Å²) in [4.78, 5) is 12.6. The van der Waals surface area contributed by atoms with Gasteiger partial charge in [-0.05, 0) is 110 Å². The van der Waals surface area contributed by atoms with Gasteiger partial charge in [-0.15, -0.1) is 0 Å². The number of ether oxygens (including phenoxy) is 1. The second-order valence-electron chi connectivity index (χ2n) is 15.2. The van der Waals surface area contributed by atoms with Crippen molar-refractivity contribution in [1.82, 2.24) is 0 Å². The Balaban J connectivity index is 1.20. The molecule has 0 heterocycles. The third kappa shape index (κ3) is 8.60. The van der Waals surface area contributed by atoms with E-state index in [1.165, 1.54) is 147 Å². The fraction of sp³-hybridized carbons (Fsp3) is 0.921. The zero-order valence-corrected chi connectivity index (χ0v) is 28.5. The minimum atomic E-state index is -0.0216. The maximum absolute atomic E-state index is 12.6. The van der Waals surface area contributed by atoms with Gasteiger partial charge in [0.15, 0.2) is 0 Å². The van der Waals surface area contributed by atoms with Crippen LogP contribution in [0.15, 0.2) is 11.6 Å². The number of unbranched alkanes of at least 4 members (excludes halogenated alkanes) is 12. The predicted molar refractivity (Wildman–Crippen MR) is 179 cm³/mol. The van der Waals surface area contributed by atoms with Crippen LogP contribution in [0.3, 0.4) is 0 Å². The van der Waals surface area contributed by atoms with Gasteiger partial charge in [-0.2, -0.15) is 0 Å². The summed E-state index contributed by atoms with van der Waals surface area (Å²) in [6.07, 6.45) is 33.8. The summed E-state index contributed by atoms with van der Waals surface area (Å²) in [5, 5.41) is 0.394. The van der Waals surface area contributed by atoms with Crippen LogP contribution >= 0.6 is 11.8 Å².